The number of rotatable bonds is 3. The summed E-state index contributed by atoms with van der Waals surface area (Å²) in [5, 5.41) is 2.08. The van der Waals surface area contributed by atoms with Gasteiger partial charge in [0.15, 0.2) is 0 Å². The summed E-state index contributed by atoms with van der Waals surface area (Å²) in [6.07, 6.45) is 0. The minimum atomic E-state index is -0.214. The van der Waals surface area contributed by atoms with Crippen LogP contribution in [0.5, 0.6) is 0 Å². The molecular weight excluding hydrogens is 315 g/mol. The van der Waals surface area contributed by atoms with Crippen LogP contribution in [0.2, 0.25) is 0 Å². The zero-order chi connectivity index (χ0) is 16.4. The molecule has 116 valence electrons. The summed E-state index contributed by atoms with van der Waals surface area (Å²) in [6.45, 7) is 0. The van der Waals surface area contributed by atoms with Crippen molar-refractivity contribution in [3.63, 3.8) is 0 Å². The average Bonchev–Trinajstić information content (AvgIpc) is 3.17. The maximum atomic E-state index is 13.4. The lowest BCUT2D eigenvalue weighted by molar-refractivity contribution is 0.628. The van der Waals surface area contributed by atoms with Crippen molar-refractivity contribution in [2.24, 2.45) is 0 Å². The molecule has 0 saturated heterocycles. The summed E-state index contributed by atoms with van der Waals surface area (Å²) in [4.78, 5) is 1.21. The molecule has 0 unspecified atom stereocenters. The van der Waals surface area contributed by atoms with Crippen LogP contribution >= 0.6 is 11.3 Å². The lowest BCUT2D eigenvalue weighted by Crippen LogP contribution is -1.89. The monoisotopic (exact) mass is 330 g/mol. The zero-order valence-electron chi connectivity index (χ0n) is 12.9. The van der Waals surface area contributed by atoms with E-state index in [9.17, 15) is 4.39 Å². The fourth-order valence-corrected chi connectivity index (χ4v) is 3.73. The standard InChI is InChI=1S/C22H15FS/c23-18-13-11-17(12-14-18)22-19(16-6-2-1-3-7-16)8-4-9-20(22)21-10-5-15-24-21/h1-15H. The Morgan fingerprint density at radius 3 is 2.04 bits per heavy atom. The van der Waals surface area contributed by atoms with Crippen LogP contribution in [0, 0.1) is 5.82 Å². The van der Waals surface area contributed by atoms with Crippen LogP contribution < -0.4 is 0 Å². The minimum Gasteiger partial charge on any atom is -0.207 e. The van der Waals surface area contributed by atoms with Crippen molar-refractivity contribution in [1.29, 1.82) is 0 Å². The van der Waals surface area contributed by atoms with E-state index >= 15 is 0 Å². The van der Waals surface area contributed by atoms with Gasteiger partial charge in [0, 0.05) is 10.4 Å². The van der Waals surface area contributed by atoms with Crippen molar-refractivity contribution in [2.75, 3.05) is 0 Å². The third-order valence-electron chi connectivity index (χ3n) is 4.07. The number of hydrogen-bond acceptors (Lipinski definition) is 1. The summed E-state index contributed by atoms with van der Waals surface area (Å²) < 4.78 is 13.4. The molecule has 4 rings (SSSR count). The van der Waals surface area contributed by atoms with E-state index in [0.717, 1.165) is 22.3 Å². The van der Waals surface area contributed by atoms with E-state index < -0.39 is 0 Å². The molecule has 0 nitrogen and oxygen atoms in total. The summed E-state index contributed by atoms with van der Waals surface area (Å²) in [7, 11) is 0. The third-order valence-corrected chi connectivity index (χ3v) is 4.97. The molecule has 0 N–H and O–H groups in total. The second-order valence-electron chi connectivity index (χ2n) is 5.58. The Labute approximate surface area is 144 Å². The largest absolute Gasteiger partial charge is 0.207 e. The predicted molar refractivity (Wildman–Crippen MR) is 101 cm³/mol. The SMILES string of the molecule is Fc1ccc(-c2c(-c3ccccc3)cccc2-c2cccs2)cc1. The van der Waals surface area contributed by atoms with Gasteiger partial charge in [-0.1, -0.05) is 66.7 Å². The maximum absolute atomic E-state index is 13.4. The lowest BCUT2D eigenvalue weighted by atomic mass is 9.90. The smallest absolute Gasteiger partial charge is 0.123 e. The minimum absolute atomic E-state index is 0.214. The molecule has 2 heteroatoms. The van der Waals surface area contributed by atoms with Crippen molar-refractivity contribution < 1.29 is 4.39 Å². The van der Waals surface area contributed by atoms with Crippen LogP contribution in [0.1, 0.15) is 0 Å². The van der Waals surface area contributed by atoms with Gasteiger partial charge in [-0.2, -0.15) is 0 Å². The molecule has 0 saturated carbocycles. The van der Waals surface area contributed by atoms with Gasteiger partial charge >= 0.3 is 0 Å². The Balaban J connectivity index is 2.01. The van der Waals surface area contributed by atoms with Crippen LogP contribution in [-0.4, -0.2) is 0 Å². The molecule has 0 aliphatic carbocycles. The molecule has 4 aromatic rings. The van der Waals surface area contributed by atoms with Gasteiger partial charge in [-0.05, 0) is 45.8 Å². The summed E-state index contributed by atoms with van der Waals surface area (Å²) >= 11 is 1.72. The van der Waals surface area contributed by atoms with Gasteiger partial charge in [-0.15, -0.1) is 11.3 Å². The first kappa shape index (κ1) is 14.9. The van der Waals surface area contributed by atoms with E-state index in [0.29, 0.717) is 0 Å². The van der Waals surface area contributed by atoms with Gasteiger partial charge in [0.1, 0.15) is 5.82 Å². The summed E-state index contributed by atoms with van der Waals surface area (Å²) in [6, 6.07) is 27.6. The number of thiophene rings is 1. The molecule has 0 bridgehead atoms. The fourth-order valence-electron chi connectivity index (χ4n) is 2.98. The normalized spacial score (nSPS) is 10.7. The highest BCUT2D eigenvalue weighted by Crippen LogP contribution is 2.41. The molecule has 1 aromatic heterocycles. The van der Waals surface area contributed by atoms with E-state index in [2.05, 4.69) is 47.8 Å². The van der Waals surface area contributed by atoms with Crippen molar-refractivity contribution >= 4 is 11.3 Å². The lowest BCUT2D eigenvalue weighted by Gasteiger charge is -2.15. The zero-order valence-corrected chi connectivity index (χ0v) is 13.8. The quantitative estimate of drug-likeness (QED) is 0.384. The van der Waals surface area contributed by atoms with E-state index in [-0.39, 0.29) is 5.82 Å². The van der Waals surface area contributed by atoms with Gasteiger partial charge in [-0.3, -0.25) is 0 Å². The van der Waals surface area contributed by atoms with Crippen LogP contribution in [0.25, 0.3) is 32.7 Å². The van der Waals surface area contributed by atoms with Crippen molar-refractivity contribution in [3.05, 3.63) is 96.1 Å². The van der Waals surface area contributed by atoms with E-state index in [1.807, 2.05) is 30.3 Å². The van der Waals surface area contributed by atoms with Crippen molar-refractivity contribution in [2.45, 2.75) is 0 Å². The molecule has 1 heterocycles. The van der Waals surface area contributed by atoms with E-state index in [1.165, 1.54) is 22.6 Å². The molecule has 0 aliphatic rings. The second kappa shape index (κ2) is 6.42. The highest BCUT2D eigenvalue weighted by Gasteiger charge is 2.14. The number of halogens is 1. The first-order chi connectivity index (χ1) is 11.8. The Kier molecular flexibility index (Phi) is 3.97. The topological polar surface area (TPSA) is 0 Å². The van der Waals surface area contributed by atoms with Crippen LogP contribution in [0.3, 0.4) is 0 Å². The highest BCUT2D eigenvalue weighted by atomic mass is 32.1. The van der Waals surface area contributed by atoms with Crippen molar-refractivity contribution in [3.8, 4) is 32.7 Å². The molecule has 0 radical (unpaired) electrons. The van der Waals surface area contributed by atoms with Gasteiger partial charge in [0.05, 0.1) is 0 Å². The molecule has 24 heavy (non-hydrogen) atoms. The Morgan fingerprint density at radius 2 is 1.33 bits per heavy atom. The van der Waals surface area contributed by atoms with Crippen LogP contribution in [-0.2, 0) is 0 Å². The highest BCUT2D eigenvalue weighted by molar-refractivity contribution is 7.13. The van der Waals surface area contributed by atoms with Crippen molar-refractivity contribution in [1.82, 2.24) is 0 Å². The maximum Gasteiger partial charge on any atom is 0.123 e. The Hall–Kier alpha value is -2.71. The van der Waals surface area contributed by atoms with E-state index in [4.69, 9.17) is 0 Å². The van der Waals surface area contributed by atoms with Gasteiger partial charge in [0.25, 0.3) is 0 Å². The molecular formula is C22H15FS. The predicted octanol–water partition coefficient (Wildman–Crippen LogP) is 6.89. The molecule has 0 aliphatic heterocycles. The first-order valence-electron chi connectivity index (χ1n) is 7.81. The number of hydrogen-bond donors (Lipinski definition) is 0. The fraction of sp³-hybridized carbons (Fsp3) is 0. The molecule has 0 spiro atoms. The van der Waals surface area contributed by atoms with Gasteiger partial charge < -0.3 is 0 Å². The Morgan fingerprint density at radius 1 is 0.583 bits per heavy atom. The molecule has 0 atom stereocenters. The molecule has 0 fully saturated rings. The second-order valence-corrected chi connectivity index (χ2v) is 6.53. The van der Waals surface area contributed by atoms with Crippen LogP contribution in [0.15, 0.2) is 90.3 Å². The molecule has 0 amide bonds. The average molecular weight is 330 g/mol. The van der Waals surface area contributed by atoms with Gasteiger partial charge in [-0.25, -0.2) is 4.39 Å². The Bertz CT molecular complexity index is 939. The summed E-state index contributed by atoms with van der Waals surface area (Å²) in [5.41, 5.74) is 5.67. The van der Waals surface area contributed by atoms with Crippen LogP contribution in [0.4, 0.5) is 4.39 Å². The first-order valence-corrected chi connectivity index (χ1v) is 8.69. The number of benzene rings is 3. The third kappa shape index (κ3) is 2.77. The van der Waals surface area contributed by atoms with E-state index in [1.54, 1.807) is 11.3 Å². The summed E-state index contributed by atoms with van der Waals surface area (Å²) in [5.74, 6) is -0.214. The molecule has 3 aromatic carbocycles. The van der Waals surface area contributed by atoms with Gasteiger partial charge in [0.2, 0.25) is 0 Å².